The lowest BCUT2D eigenvalue weighted by atomic mass is 10.1. The number of methoxy groups -OCH3 is 1. The zero-order chi connectivity index (χ0) is 13.1. The molecule has 4 heteroatoms. The summed E-state index contributed by atoms with van der Waals surface area (Å²) < 4.78 is 7.04. The summed E-state index contributed by atoms with van der Waals surface area (Å²) in [5.41, 5.74) is 1.25. The lowest BCUT2D eigenvalue weighted by Gasteiger charge is -2.02. The van der Waals surface area contributed by atoms with Gasteiger partial charge in [-0.3, -0.25) is 4.68 Å². The molecule has 1 heterocycles. The van der Waals surface area contributed by atoms with Crippen molar-refractivity contribution in [3.63, 3.8) is 0 Å². The Labute approximate surface area is 111 Å². The fourth-order valence-electron chi connectivity index (χ4n) is 1.90. The largest absolute Gasteiger partial charge is 0.383 e. The molecule has 1 rings (SSSR count). The van der Waals surface area contributed by atoms with Crippen LogP contribution in [0.5, 0.6) is 0 Å². The van der Waals surface area contributed by atoms with Crippen molar-refractivity contribution in [3.8, 4) is 0 Å². The Morgan fingerprint density at radius 2 is 2.11 bits per heavy atom. The van der Waals surface area contributed by atoms with E-state index >= 15 is 0 Å². The molecule has 18 heavy (non-hydrogen) atoms. The zero-order valence-corrected chi connectivity index (χ0v) is 11.8. The topological polar surface area (TPSA) is 39.1 Å². The smallest absolute Gasteiger partial charge is 0.0587 e. The molecule has 0 radical (unpaired) electrons. The van der Waals surface area contributed by atoms with E-state index in [-0.39, 0.29) is 0 Å². The van der Waals surface area contributed by atoms with E-state index in [1.54, 1.807) is 7.11 Å². The van der Waals surface area contributed by atoms with Gasteiger partial charge in [0.2, 0.25) is 0 Å². The molecule has 0 saturated carbocycles. The van der Waals surface area contributed by atoms with Crippen molar-refractivity contribution < 1.29 is 4.74 Å². The number of hydrogen-bond donors (Lipinski definition) is 1. The molecule has 0 aliphatic carbocycles. The zero-order valence-electron chi connectivity index (χ0n) is 11.8. The normalized spacial score (nSPS) is 11.0. The van der Waals surface area contributed by atoms with Gasteiger partial charge in [0.15, 0.2) is 0 Å². The Bertz CT molecular complexity index is 299. The predicted molar refractivity (Wildman–Crippen MR) is 74.6 cm³/mol. The summed E-state index contributed by atoms with van der Waals surface area (Å²) in [6.45, 7) is 5.81. The Morgan fingerprint density at radius 3 is 2.89 bits per heavy atom. The first kappa shape index (κ1) is 15.2. The van der Waals surface area contributed by atoms with Gasteiger partial charge in [-0.2, -0.15) is 5.10 Å². The van der Waals surface area contributed by atoms with Crippen molar-refractivity contribution in [3.05, 3.63) is 18.0 Å². The Kier molecular flexibility index (Phi) is 8.51. The van der Waals surface area contributed by atoms with Crippen molar-refractivity contribution in [2.24, 2.45) is 0 Å². The van der Waals surface area contributed by atoms with Crippen molar-refractivity contribution in [1.29, 1.82) is 0 Å². The number of rotatable bonds is 11. The van der Waals surface area contributed by atoms with E-state index in [1.807, 2.05) is 6.20 Å². The maximum Gasteiger partial charge on any atom is 0.0587 e. The number of aromatic nitrogens is 2. The van der Waals surface area contributed by atoms with Crippen LogP contribution < -0.4 is 5.32 Å². The summed E-state index contributed by atoms with van der Waals surface area (Å²) in [6.07, 6.45) is 10.6. The number of nitrogens with one attached hydrogen (secondary N) is 1. The van der Waals surface area contributed by atoms with E-state index in [0.717, 1.165) is 26.2 Å². The molecule has 0 aliphatic rings. The highest BCUT2D eigenvalue weighted by Gasteiger charge is 1.98. The van der Waals surface area contributed by atoms with Crippen molar-refractivity contribution in [2.75, 3.05) is 20.3 Å². The van der Waals surface area contributed by atoms with Gasteiger partial charge in [0.1, 0.15) is 0 Å². The minimum atomic E-state index is 0.756. The van der Waals surface area contributed by atoms with E-state index < -0.39 is 0 Å². The summed E-state index contributed by atoms with van der Waals surface area (Å²) in [5.74, 6) is 0. The van der Waals surface area contributed by atoms with Gasteiger partial charge < -0.3 is 10.1 Å². The Balaban J connectivity index is 2.10. The van der Waals surface area contributed by atoms with Gasteiger partial charge in [-0.15, -0.1) is 0 Å². The van der Waals surface area contributed by atoms with E-state index in [9.17, 15) is 0 Å². The minimum absolute atomic E-state index is 0.756. The number of aryl methyl sites for hydroxylation is 1. The molecule has 0 fully saturated rings. The van der Waals surface area contributed by atoms with Crippen LogP contribution in [0.1, 0.15) is 44.6 Å². The highest BCUT2D eigenvalue weighted by molar-refractivity contribution is 5.03. The van der Waals surface area contributed by atoms with E-state index in [0.29, 0.717) is 0 Å². The second-order valence-corrected chi connectivity index (χ2v) is 4.70. The van der Waals surface area contributed by atoms with Crippen molar-refractivity contribution in [1.82, 2.24) is 15.1 Å². The average Bonchev–Trinajstić information content (AvgIpc) is 2.82. The Morgan fingerprint density at radius 1 is 1.28 bits per heavy atom. The van der Waals surface area contributed by atoms with E-state index in [2.05, 4.69) is 28.2 Å². The van der Waals surface area contributed by atoms with Crippen LogP contribution in [0.3, 0.4) is 0 Å². The molecule has 4 nitrogen and oxygen atoms in total. The van der Waals surface area contributed by atoms with E-state index in [4.69, 9.17) is 4.74 Å². The fraction of sp³-hybridized carbons (Fsp3) is 0.786. The second-order valence-electron chi connectivity index (χ2n) is 4.70. The minimum Gasteiger partial charge on any atom is -0.383 e. The number of nitrogens with zero attached hydrogens (tertiary/aromatic N) is 2. The molecule has 0 bridgehead atoms. The third-order valence-electron chi connectivity index (χ3n) is 2.99. The SMILES string of the molecule is CCCCCCCn1cc(CNCCOC)cn1. The molecular formula is C14H27N3O. The van der Waals surface area contributed by atoms with Gasteiger partial charge in [-0.1, -0.05) is 32.6 Å². The van der Waals surface area contributed by atoms with Gasteiger partial charge in [-0.05, 0) is 6.42 Å². The fourth-order valence-corrected chi connectivity index (χ4v) is 1.90. The average molecular weight is 253 g/mol. The molecule has 0 amide bonds. The second kappa shape index (κ2) is 10.1. The molecule has 0 spiro atoms. The maximum absolute atomic E-state index is 4.99. The van der Waals surface area contributed by atoms with Crippen LogP contribution in [-0.2, 0) is 17.8 Å². The molecule has 0 saturated heterocycles. The lowest BCUT2D eigenvalue weighted by Crippen LogP contribution is -2.18. The predicted octanol–water partition coefficient (Wildman–Crippen LogP) is 2.59. The molecule has 0 aromatic carbocycles. The number of unbranched alkanes of at least 4 members (excludes halogenated alkanes) is 4. The van der Waals surface area contributed by atoms with Crippen LogP contribution in [-0.4, -0.2) is 30.0 Å². The number of ether oxygens (including phenoxy) is 1. The first-order valence-corrected chi connectivity index (χ1v) is 7.07. The lowest BCUT2D eigenvalue weighted by molar-refractivity contribution is 0.199. The van der Waals surface area contributed by atoms with Crippen LogP contribution in [0.2, 0.25) is 0 Å². The highest BCUT2D eigenvalue weighted by atomic mass is 16.5. The standard InChI is InChI=1S/C14H27N3O/c1-3-4-5-6-7-9-17-13-14(12-16-17)11-15-8-10-18-2/h12-13,15H,3-11H2,1-2H3. The summed E-state index contributed by atoms with van der Waals surface area (Å²) in [6, 6.07) is 0. The highest BCUT2D eigenvalue weighted by Crippen LogP contribution is 2.05. The molecule has 0 aliphatic heterocycles. The summed E-state index contributed by atoms with van der Waals surface area (Å²) >= 11 is 0. The third kappa shape index (κ3) is 6.77. The first-order chi connectivity index (χ1) is 8.86. The van der Waals surface area contributed by atoms with Gasteiger partial charge in [-0.25, -0.2) is 0 Å². The van der Waals surface area contributed by atoms with Crippen LogP contribution in [0.4, 0.5) is 0 Å². The summed E-state index contributed by atoms with van der Waals surface area (Å²) in [4.78, 5) is 0. The van der Waals surface area contributed by atoms with Crippen LogP contribution in [0.15, 0.2) is 12.4 Å². The maximum atomic E-state index is 4.99. The molecule has 0 atom stereocenters. The van der Waals surface area contributed by atoms with Crippen molar-refractivity contribution in [2.45, 2.75) is 52.1 Å². The van der Waals surface area contributed by atoms with Crippen LogP contribution in [0, 0.1) is 0 Å². The van der Waals surface area contributed by atoms with Crippen LogP contribution >= 0.6 is 0 Å². The van der Waals surface area contributed by atoms with Gasteiger partial charge >= 0.3 is 0 Å². The quantitative estimate of drug-likeness (QED) is 0.616. The molecule has 104 valence electrons. The molecule has 0 unspecified atom stereocenters. The summed E-state index contributed by atoms with van der Waals surface area (Å²) in [5, 5.41) is 7.70. The number of hydrogen-bond acceptors (Lipinski definition) is 3. The summed E-state index contributed by atoms with van der Waals surface area (Å²) in [7, 11) is 1.72. The van der Waals surface area contributed by atoms with Crippen molar-refractivity contribution >= 4 is 0 Å². The van der Waals surface area contributed by atoms with Crippen LogP contribution in [0.25, 0.3) is 0 Å². The first-order valence-electron chi connectivity index (χ1n) is 7.07. The van der Waals surface area contributed by atoms with Gasteiger partial charge in [0, 0.05) is 38.5 Å². The third-order valence-corrected chi connectivity index (χ3v) is 2.99. The van der Waals surface area contributed by atoms with E-state index in [1.165, 1.54) is 37.7 Å². The molecule has 1 N–H and O–H groups in total. The molecular weight excluding hydrogens is 226 g/mol. The molecule has 1 aromatic rings. The van der Waals surface area contributed by atoms with Gasteiger partial charge in [0.25, 0.3) is 0 Å². The Hall–Kier alpha value is -0.870. The van der Waals surface area contributed by atoms with Gasteiger partial charge in [0.05, 0.1) is 12.8 Å². The monoisotopic (exact) mass is 253 g/mol. The molecule has 1 aromatic heterocycles.